The van der Waals surface area contributed by atoms with Crippen LogP contribution in [0, 0.1) is 6.92 Å². The highest BCUT2D eigenvalue weighted by Crippen LogP contribution is 2.22. The van der Waals surface area contributed by atoms with E-state index in [0.29, 0.717) is 22.5 Å². The molecular formula is C19H14N2O2. The van der Waals surface area contributed by atoms with Gasteiger partial charge in [0.15, 0.2) is 11.6 Å². The van der Waals surface area contributed by atoms with Gasteiger partial charge in [-0.3, -0.25) is 9.36 Å². The summed E-state index contributed by atoms with van der Waals surface area (Å²) in [6.07, 6.45) is 1.58. The number of hydrogen-bond donors (Lipinski definition) is 0. The first-order valence-electron chi connectivity index (χ1n) is 7.37. The van der Waals surface area contributed by atoms with Crippen molar-refractivity contribution in [3.05, 3.63) is 82.8 Å². The van der Waals surface area contributed by atoms with Gasteiger partial charge in [0.25, 0.3) is 5.56 Å². The molecule has 0 bridgehead atoms. The fourth-order valence-electron chi connectivity index (χ4n) is 2.71. The second-order valence-corrected chi connectivity index (χ2v) is 5.41. The fourth-order valence-corrected chi connectivity index (χ4v) is 2.71. The Labute approximate surface area is 132 Å². The number of fused-ring (bicyclic) bond motifs is 1. The van der Waals surface area contributed by atoms with Crippen LogP contribution in [0.25, 0.3) is 28.2 Å². The molecule has 0 fully saturated rings. The number of hydrogen-bond acceptors (Lipinski definition) is 3. The van der Waals surface area contributed by atoms with Gasteiger partial charge in [-0.25, -0.2) is 4.98 Å². The van der Waals surface area contributed by atoms with E-state index in [1.807, 2.05) is 55.5 Å². The molecule has 23 heavy (non-hydrogen) atoms. The van der Waals surface area contributed by atoms with Gasteiger partial charge in [0.2, 0.25) is 0 Å². The maximum atomic E-state index is 13.0. The summed E-state index contributed by atoms with van der Waals surface area (Å²) < 4.78 is 7.10. The lowest BCUT2D eigenvalue weighted by Gasteiger charge is -2.12. The van der Waals surface area contributed by atoms with Gasteiger partial charge in [-0.1, -0.05) is 24.3 Å². The molecule has 112 valence electrons. The third-order valence-corrected chi connectivity index (χ3v) is 3.78. The maximum Gasteiger partial charge on any atom is 0.266 e. The lowest BCUT2D eigenvalue weighted by atomic mass is 10.2. The minimum absolute atomic E-state index is 0.104. The van der Waals surface area contributed by atoms with Gasteiger partial charge in [-0.05, 0) is 48.9 Å². The van der Waals surface area contributed by atoms with Crippen LogP contribution >= 0.6 is 0 Å². The van der Waals surface area contributed by atoms with Crippen LogP contribution in [0.3, 0.4) is 0 Å². The Balaban J connectivity index is 2.14. The molecule has 4 heteroatoms. The molecule has 4 rings (SSSR count). The molecule has 0 spiro atoms. The van der Waals surface area contributed by atoms with Crippen molar-refractivity contribution in [3.8, 4) is 17.3 Å². The zero-order valence-electron chi connectivity index (χ0n) is 12.6. The molecule has 0 saturated heterocycles. The Morgan fingerprint density at radius 2 is 1.87 bits per heavy atom. The van der Waals surface area contributed by atoms with Crippen molar-refractivity contribution in [2.45, 2.75) is 6.92 Å². The number of nitrogens with zero attached hydrogens (tertiary/aromatic N) is 2. The molecule has 0 saturated carbocycles. The second kappa shape index (κ2) is 5.25. The molecule has 0 unspecified atom stereocenters. The summed E-state index contributed by atoms with van der Waals surface area (Å²) in [5.74, 6) is 1.07. The van der Waals surface area contributed by atoms with Gasteiger partial charge in [0, 0.05) is 0 Å². The standard InChI is InChI=1S/C19H14N2O2/c1-13-6-4-7-14(12-13)21-18(17-10-5-11-23-17)20-16-9-3-2-8-15(16)19(21)22/h2-12H,1H3. The van der Waals surface area contributed by atoms with E-state index in [4.69, 9.17) is 4.42 Å². The molecule has 0 radical (unpaired) electrons. The van der Waals surface area contributed by atoms with Crippen LogP contribution < -0.4 is 5.56 Å². The highest BCUT2D eigenvalue weighted by atomic mass is 16.3. The van der Waals surface area contributed by atoms with E-state index in [1.165, 1.54) is 0 Å². The van der Waals surface area contributed by atoms with Crippen LogP contribution in [0.1, 0.15) is 5.56 Å². The van der Waals surface area contributed by atoms with E-state index < -0.39 is 0 Å². The second-order valence-electron chi connectivity index (χ2n) is 5.41. The van der Waals surface area contributed by atoms with E-state index in [-0.39, 0.29) is 5.56 Å². The van der Waals surface area contributed by atoms with Crippen LogP contribution in [0.5, 0.6) is 0 Å². The summed E-state index contributed by atoms with van der Waals surface area (Å²) in [5.41, 5.74) is 2.41. The van der Waals surface area contributed by atoms with Crippen molar-refractivity contribution >= 4 is 10.9 Å². The molecule has 4 nitrogen and oxygen atoms in total. The minimum atomic E-state index is -0.104. The monoisotopic (exact) mass is 302 g/mol. The van der Waals surface area contributed by atoms with Crippen LogP contribution in [-0.2, 0) is 0 Å². The SMILES string of the molecule is Cc1cccc(-n2c(-c3ccco3)nc3ccccc3c2=O)c1. The average molecular weight is 302 g/mol. The molecule has 0 aliphatic heterocycles. The Kier molecular flexibility index (Phi) is 3.08. The summed E-state index contributed by atoms with van der Waals surface area (Å²) in [7, 11) is 0. The predicted octanol–water partition coefficient (Wildman–Crippen LogP) is 3.95. The van der Waals surface area contributed by atoms with Crippen molar-refractivity contribution < 1.29 is 4.42 Å². The number of aromatic nitrogens is 2. The molecule has 0 N–H and O–H groups in total. The Morgan fingerprint density at radius 3 is 2.65 bits per heavy atom. The van der Waals surface area contributed by atoms with Crippen molar-refractivity contribution in [3.63, 3.8) is 0 Å². The normalized spacial score (nSPS) is 11.0. The number of aryl methyl sites for hydroxylation is 1. The van der Waals surface area contributed by atoms with Gasteiger partial charge in [0.05, 0.1) is 22.9 Å². The lowest BCUT2D eigenvalue weighted by Crippen LogP contribution is -2.21. The summed E-state index contributed by atoms with van der Waals surface area (Å²) in [6, 6.07) is 18.7. The van der Waals surface area contributed by atoms with Crippen molar-refractivity contribution in [2.24, 2.45) is 0 Å². The Hall–Kier alpha value is -3.14. The van der Waals surface area contributed by atoms with E-state index in [1.54, 1.807) is 23.0 Å². The Morgan fingerprint density at radius 1 is 1.00 bits per heavy atom. The van der Waals surface area contributed by atoms with E-state index >= 15 is 0 Å². The van der Waals surface area contributed by atoms with Crippen molar-refractivity contribution in [1.29, 1.82) is 0 Å². The Bertz CT molecular complexity index is 1050. The summed E-state index contributed by atoms with van der Waals surface area (Å²) in [4.78, 5) is 17.7. The first-order valence-corrected chi connectivity index (χ1v) is 7.37. The summed E-state index contributed by atoms with van der Waals surface area (Å²) in [6.45, 7) is 2.00. The molecule has 0 atom stereocenters. The van der Waals surface area contributed by atoms with E-state index in [9.17, 15) is 4.79 Å². The van der Waals surface area contributed by atoms with Gasteiger partial charge in [-0.2, -0.15) is 0 Å². The van der Waals surface area contributed by atoms with Crippen LogP contribution in [0.2, 0.25) is 0 Å². The molecule has 2 aromatic carbocycles. The van der Waals surface area contributed by atoms with Crippen molar-refractivity contribution in [2.75, 3.05) is 0 Å². The first kappa shape index (κ1) is 13.5. The van der Waals surface area contributed by atoms with Gasteiger partial charge in [0.1, 0.15) is 0 Å². The lowest BCUT2D eigenvalue weighted by molar-refractivity contribution is 0.574. The summed E-state index contributed by atoms with van der Waals surface area (Å²) >= 11 is 0. The zero-order chi connectivity index (χ0) is 15.8. The fraction of sp³-hybridized carbons (Fsp3) is 0.0526. The molecule has 0 aliphatic carbocycles. The average Bonchev–Trinajstić information content (AvgIpc) is 3.09. The minimum Gasteiger partial charge on any atom is -0.461 e. The predicted molar refractivity (Wildman–Crippen MR) is 89.8 cm³/mol. The summed E-state index contributed by atoms with van der Waals surface area (Å²) in [5, 5.41) is 0.587. The van der Waals surface area contributed by atoms with Crippen molar-refractivity contribution in [1.82, 2.24) is 9.55 Å². The molecule has 0 amide bonds. The van der Waals surface area contributed by atoms with E-state index in [2.05, 4.69) is 4.98 Å². The molecule has 4 aromatic rings. The molecule has 2 aromatic heterocycles. The maximum absolute atomic E-state index is 13.0. The molecular weight excluding hydrogens is 288 g/mol. The quantitative estimate of drug-likeness (QED) is 0.563. The number of benzene rings is 2. The molecule has 2 heterocycles. The first-order chi connectivity index (χ1) is 11.2. The van der Waals surface area contributed by atoms with Crippen LogP contribution in [0.15, 0.2) is 76.1 Å². The van der Waals surface area contributed by atoms with E-state index in [0.717, 1.165) is 11.3 Å². The topological polar surface area (TPSA) is 48.0 Å². The number of furan rings is 1. The highest BCUT2D eigenvalue weighted by molar-refractivity contribution is 5.80. The van der Waals surface area contributed by atoms with Gasteiger partial charge >= 0.3 is 0 Å². The zero-order valence-corrected chi connectivity index (χ0v) is 12.6. The van der Waals surface area contributed by atoms with Crippen LogP contribution in [-0.4, -0.2) is 9.55 Å². The largest absolute Gasteiger partial charge is 0.461 e. The molecule has 0 aliphatic rings. The van der Waals surface area contributed by atoms with Crippen LogP contribution in [0.4, 0.5) is 0 Å². The third kappa shape index (κ3) is 2.25. The third-order valence-electron chi connectivity index (χ3n) is 3.78. The van der Waals surface area contributed by atoms with Gasteiger partial charge in [-0.15, -0.1) is 0 Å². The highest BCUT2D eigenvalue weighted by Gasteiger charge is 2.16. The van der Waals surface area contributed by atoms with Gasteiger partial charge < -0.3 is 4.42 Å². The smallest absolute Gasteiger partial charge is 0.266 e. The number of rotatable bonds is 2. The number of para-hydroxylation sites is 1.